The van der Waals surface area contributed by atoms with Gasteiger partial charge in [-0.15, -0.1) is 0 Å². The van der Waals surface area contributed by atoms with Gasteiger partial charge < -0.3 is 37.5 Å². The zero-order valence-electron chi connectivity index (χ0n) is 24.3. The number of aliphatic carboxylic acids is 1. The second-order valence-electron chi connectivity index (χ2n) is 10.7. The number of nitrogens with one attached hydrogen (secondary N) is 4. The van der Waals surface area contributed by atoms with E-state index < -0.39 is 53.8 Å². The fraction of sp³-hybridized carbons (Fsp3) is 0.387. The van der Waals surface area contributed by atoms with E-state index in [1.54, 1.807) is 13.1 Å². The van der Waals surface area contributed by atoms with Crippen molar-refractivity contribution in [2.75, 3.05) is 0 Å². The zero-order valence-corrected chi connectivity index (χ0v) is 24.3. The average Bonchev–Trinajstić information content (AvgIpc) is 3.39. The molecule has 230 valence electrons. The van der Waals surface area contributed by atoms with Crippen molar-refractivity contribution < 1.29 is 29.1 Å². The Labute approximate surface area is 250 Å². The molecule has 0 aliphatic carbocycles. The normalized spacial score (nSPS) is 14.6. The second-order valence-corrected chi connectivity index (χ2v) is 10.7. The van der Waals surface area contributed by atoms with E-state index in [0.29, 0.717) is 12.0 Å². The van der Waals surface area contributed by atoms with Crippen LogP contribution in [0.15, 0.2) is 60.8 Å². The van der Waals surface area contributed by atoms with Crippen LogP contribution in [0.3, 0.4) is 0 Å². The maximum Gasteiger partial charge on any atom is 0.326 e. The molecule has 0 radical (unpaired) electrons. The average molecular weight is 593 g/mol. The maximum absolute atomic E-state index is 13.7. The number of carboxylic acids is 1. The molecule has 0 bridgehead atoms. The summed E-state index contributed by atoms with van der Waals surface area (Å²) in [4.78, 5) is 66.4. The third kappa shape index (κ3) is 9.40. The molecule has 0 saturated heterocycles. The summed E-state index contributed by atoms with van der Waals surface area (Å²) in [6, 6.07) is 12.2. The van der Waals surface area contributed by atoms with E-state index in [4.69, 9.17) is 11.5 Å². The van der Waals surface area contributed by atoms with Crippen molar-refractivity contribution in [2.24, 2.45) is 17.4 Å². The van der Waals surface area contributed by atoms with Crippen LogP contribution in [0.2, 0.25) is 0 Å². The lowest BCUT2D eigenvalue weighted by molar-refractivity contribution is -0.142. The van der Waals surface area contributed by atoms with Crippen LogP contribution in [0.5, 0.6) is 0 Å². The highest BCUT2D eigenvalue weighted by Crippen LogP contribution is 2.20. The van der Waals surface area contributed by atoms with Gasteiger partial charge in [0.15, 0.2) is 0 Å². The minimum Gasteiger partial charge on any atom is -0.480 e. The number of carbonyl (C=O) groups is 5. The molecular formula is C31H40N6O6. The fourth-order valence-electron chi connectivity index (χ4n) is 4.73. The number of primary amides is 1. The van der Waals surface area contributed by atoms with Crippen LogP contribution in [0, 0.1) is 5.92 Å². The second kappa shape index (κ2) is 15.5. The first-order valence-electron chi connectivity index (χ1n) is 14.3. The van der Waals surface area contributed by atoms with Crippen LogP contribution in [0.1, 0.15) is 44.2 Å². The molecule has 5 unspecified atom stereocenters. The predicted octanol–water partition coefficient (Wildman–Crippen LogP) is 1.13. The number of hydrogen-bond donors (Lipinski definition) is 7. The number of rotatable bonds is 16. The minimum absolute atomic E-state index is 0.0262. The number of carbonyl (C=O) groups excluding carboxylic acids is 4. The molecule has 0 spiro atoms. The summed E-state index contributed by atoms with van der Waals surface area (Å²) in [5, 5.41) is 18.4. The number of hydrogen-bond acceptors (Lipinski definition) is 6. The lowest BCUT2D eigenvalue weighted by atomic mass is 9.96. The summed E-state index contributed by atoms with van der Waals surface area (Å²) < 4.78 is 0. The minimum atomic E-state index is -1.40. The molecule has 0 saturated carbocycles. The fourth-order valence-corrected chi connectivity index (χ4v) is 4.73. The first-order valence-corrected chi connectivity index (χ1v) is 14.3. The highest BCUT2D eigenvalue weighted by Gasteiger charge is 2.33. The van der Waals surface area contributed by atoms with Gasteiger partial charge in [-0.05, 0) is 36.0 Å². The van der Waals surface area contributed by atoms with Gasteiger partial charge in [0.25, 0.3) is 0 Å². The Morgan fingerprint density at radius 3 is 2.16 bits per heavy atom. The van der Waals surface area contributed by atoms with Crippen molar-refractivity contribution in [1.29, 1.82) is 0 Å². The van der Waals surface area contributed by atoms with Crippen molar-refractivity contribution in [3.8, 4) is 0 Å². The number of aromatic nitrogens is 1. The number of H-pyrrole nitrogens is 1. The van der Waals surface area contributed by atoms with E-state index >= 15 is 0 Å². The molecule has 9 N–H and O–H groups in total. The van der Waals surface area contributed by atoms with Crippen molar-refractivity contribution in [1.82, 2.24) is 20.9 Å². The maximum atomic E-state index is 13.7. The Kier molecular flexibility index (Phi) is 11.8. The van der Waals surface area contributed by atoms with Crippen LogP contribution in [0.25, 0.3) is 10.9 Å². The molecule has 12 nitrogen and oxygen atoms in total. The molecule has 0 fully saturated rings. The highest BCUT2D eigenvalue weighted by atomic mass is 16.4. The lowest BCUT2D eigenvalue weighted by Crippen LogP contribution is -2.59. The number of aromatic amines is 1. The van der Waals surface area contributed by atoms with Gasteiger partial charge in [-0.25, -0.2) is 4.79 Å². The van der Waals surface area contributed by atoms with Gasteiger partial charge in [0.2, 0.25) is 23.6 Å². The number of amides is 4. The van der Waals surface area contributed by atoms with E-state index in [9.17, 15) is 29.1 Å². The van der Waals surface area contributed by atoms with Crippen LogP contribution in [-0.2, 0) is 36.8 Å². The van der Waals surface area contributed by atoms with Gasteiger partial charge in [0, 0.05) is 29.9 Å². The summed E-state index contributed by atoms with van der Waals surface area (Å²) in [7, 11) is 0. The number of benzene rings is 2. The Morgan fingerprint density at radius 2 is 1.51 bits per heavy atom. The smallest absolute Gasteiger partial charge is 0.326 e. The van der Waals surface area contributed by atoms with Gasteiger partial charge in [-0.1, -0.05) is 68.8 Å². The van der Waals surface area contributed by atoms with Gasteiger partial charge in [0.1, 0.15) is 18.1 Å². The van der Waals surface area contributed by atoms with Crippen LogP contribution in [-0.4, -0.2) is 63.9 Å². The third-order valence-electron chi connectivity index (χ3n) is 7.45. The molecular weight excluding hydrogens is 552 g/mol. The monoisotopic (exact) mass is 592 g/mol. The topological polar surface area (TPSA) is 209 Å². The molecule has 43 heavy (non-hydrogen) atoms. The van der Waals surface area contributed by atoms with Gasteiger partial charge in [-0.2, -0.15) is 0 Å². The van der Waals surface area contributed by atoms with Crippen molar-refractivity contribution in [2.45, 2.75) is 70.1 Å². The Balaban J connectivity index is 1.83. The van der Waals surface area contributed by atoms with E-state index in [1.807, 2.05) is 61.5 Å². The van der Waals surface area contributed by atoms with Crippen LogP contribution >= 0.6 is 0 Å². The predicted molar refractivity (Wildman–Crippen MR) is 161 cm³/mol. The largest absolute Gasteiger partial charge is 0.480 e. The van der Waals surface area contributed by atoms with Crippen LogP contribution in [0.4, 0.5) is 0 Å². The molecule has 2 aromatic carbocycles. The molecule has 5 atom stereocenters. The molecule has 4 amide bonds. The summed E-state index contributed by atoms with van der Waals surface area (Å²) in [6.45, 7) is 3.67. The van der Waals surface area contributed by atoms with E-state index in [1.165, 1.54) is 0 Å². The quantitative estimate of drug-likeness (QED) is 0.129. The Morgan fingerprint density at radius 1 is 0.860 bits per heavy atom. The first kappa shape index (κ1) is 32.8. The number of fused-ring (bicyclic) bond motifs is 1. The summed E-state index contributed by atoms with van der Waals surface area (Å²) in [6.07, 6.45) is 2.10. The number of para-hydroxylation sites is 1. The van der Waals surface area contributed by atoms with Gasteiger partial charge in [-0.3, -0.25) is 19.2 Å². The standard InChI is InChI=1S/C31H40N6O6/c1-3-18(2)27(37-28(39)22(32)15-19-9-5-4-6-10-19)30(41)36-25(16-20-17-34-23-12-8-7-11-21(20)23)29(40)35-24(31(42)43)13-14-26(33)38/h4-12,17-18,22,24-25,27,34H,3,13-16,32H2,1-2H3,(H2,33,38)(H,35,40)(H,36,41)(H,37,39)(H,42,43). The third-order valence-corrected chi connectivity index (χ3v) is 7.45. The van der Waals surface area contributed by atoms with Crippen LogP contribution < -0.4 is 27.4 Å². The summed E-state index contributed by atoms with van der Waals surface area (Å²) in [5.74, 6) is -4.25. The van der Waals surface area contributed by atoms with Crippen molar-refractivity contribution in [3.05, 3.63) is 71.9 Å². The highest BCUT2D eigenvalue weighted by molar-refractivity contribution is 5.95. The summed E-state index contributed by atoms with van der Waals surface area (Å²) in [5.41, 5.74) is 13.7. The van der Waals surface area contributed by atoms with Gasteiger partial charge in [0.05, 0.1) is 6.04 Å². The SMILES string of the molecule is CCC(C)C(NC(=O)C(N)Cc1ccccc1)C(=O)NC(Cc1c[nH]c2ccccc12)C(=O)NC(CCC(N)=O)C(=O)O. The van der Waals surface area contributed by atoms with E-state index in [0.717, 1.165) is 16.5 Å². The molecule has 12 heteroatoms. The molecule has 0 aliphatic heterocycles. The van der Waals surface area contributed by atoms with E-state index in [2.05, 4.69) is 20.9 Å². The lowest BCUT2D eigenvalue weighted by Gasteiger charge is -2.28. The van der Waals surface area contributed by atoms with Crippen molar-refractivity contribution in [3.63, 3.8) is 0 Å². The molecule has 3 aromatic rings. The van der Waals surface area contributed by atoms with E-state index in [-0.39, 0.29) is 31.6 Å². The molecule has 3 rings (SSSR count). The Bertz CT molecular complexity index is 1420. The molecule has 1 heterocycles. The molecule has 1 aromatic heterocycles. The zero-order chi connectivity index (χ0) is 31.5. The summed E-state index contributed by atoms with van der Waals surface area (Å²) >= 11 is 0. The number of nitrogens with two attached hydrogens (primary N) is 2. The van der Waals surface area contributed by atoms with Gasteiger partial charge >= 0.3 is 5.97 Å². The van der Waals surface area contributed by atoms with Crippen molar-refractivity contribution >= 4 is 40.5 Å². The Hall–Kier alpha value is -4.71. The first-order chi connectivity index (χ1) is 20.5. The molecule has 0 aliphatic rings. The number of carboxylic acid groups (broad SMARTS) is 1.